The van der Waals surface area contributed by atoms with Crippen LogP contribution in [0.4, 0.5) is 37.9 Å². The number of nitrogens with zero attached hydrogens (tertiary/aromatic N) is 21. The van der Waals surface area contributed by atoms with E-state index in [2.05, 4.69) is 174 Å². The van der Waals surface area contributed by atoms with Gasteiger partial charge in [0, 0.05) is 104 Å². The van der Waals surface area contributed by atoms with Crippen LogP contribution in [-0.4, -0.2) is 180 Å². The van der Waals surface area contributed by atoms with Gasteiger partial charge in [-0.3, -0.25) is 25.5 Å². The molecule has 15 aromatic rings. The number of aromatic nitrogens is 20. The Balaban J connectivity index is 0.000000114. The fraction of sp³-hybridized carbons (Fsp3) is 0.417. The van der Waals surface area contributed by atoms with Crippen LogP contribution in [0.2, 0.25) is 15.1 Å². The molecule has 28 nitrogen and oxygen atoms in total. The number of anilines is 5. The summed E-state index contributed by atoms with van der Waals surface area (Å²) in [5, 5.41) is 47.3. The van der Waals surface area contributed by atoms with Gasteiger partial charge in [-0.1, -0.05) is 189 Å². The standard InChI is InChI=1S/C20H23F2N5.C20H25N5O2S.C19H20ClN5.C19H20N6.C18H19Cl2N5/c1-3-20(2)8-10-27(11-9-20)15-12-23-17-16(25-26-19(17)24-15)13-4-6-14(7-5-13)18(21)22;1-4-20(2)9-11-25(12-10-20)16-13-21-18-17(23-24-19(18)22-16)14-5-7-15(8-6-14)28(3,26)27;1-11-8-12-6-7-13(9-11)25(12)16-10-21-18-17(23-24-19(18)22-16)14-4-2-3-5-15(14)20;1-19(2)7-9-25(10-8-19)15-12-21-17-16(23-24-18(17)22-15)14-5-3-13(11-20)4-6-14;1-18(2)6-8-25(9-7-18)13-10-21-16-15(23-24-17(16)22-13)11-4-3-5-12(19)14(11)20/h4-7,12,18H,3,8-11H2,1-2H3,(H,24,25,26);5-8,13H,4,9-12H2,1-3H3,(H,22,23,24);2-5,10-13H,6-9H2,1H3,(H,22,23,24);3-6,12H,7-10H2,1-2H3,(H,22,23,24);3-5,10H,6-9H2,1-2H3,(H,22,23,24). The number of nitrogens with one attached hydrogen (secondary N) is 5. The Hall–Kier alpha value is -12.0. The lowest BCUT2D eigenvalue weighted by Gasteiger charge is -2.39. The van der Waals surface area contributed by atoms with Crippen molar-refractivity contribution in [3.63, 3.8) is 0 Å². The highest BCUT2D eigenvalue weighted by Crippen LogP contribution is 2.45. The van der Waals surface area contributed by atoms with Crippen molar-refractivity contribution in [2.45, 2.75) is 176 Å². The Bertz CT molecular complexity index is 6680. The molecule has 21 rings (SSSR count). The first-order chi connectivity index (χ1) is 62.5. The zero-order valence-corrected chi connectivity index (χ0v) is 77.8. The molecule has 2 unspecified atom stereocenters. The van der Waals surface area contributed by atoms with Crippen LogP contribution in [0.1, 0.15) is 170 Å². The van der Waals surface area contributed by atoms with Gasteiger partial charge in [-0.25, -0.2) is 67.0 Å². The highest BCUT2D eigenvalue weighted by Gasteiger charge is 2.41. The zero-order chi connectivity index (χ0) is 91.0. The molecule has 0 saturated carbocycles. The van der Waals surface area contributed by atoms with Gasteiger partial charge < -0.3 is 24.5 Å². The predicted molar refractivity (Wildman–Crippen MR) is 511 cm³/mol. The van der Waals surface area contributed by atoms with Crippen LogP contribution < -0.4 is 24.5 Å². The number of hydrogen-bond acceptors (Lipinski definition) is 23. The Morgan fingerprint density at radius 3 is 1.15 bits per heavy atom. The van der Waals surface area contributed by atoms with Crippen molar-refractivity contribution in [3.8, 4) is 62.4 Å². The third-order valence-corrected chi connectivity index (χ3v) is 29.6. The Morgan fingerprint density at radius 1 is 0.438 bits per heavy atom. The van der Waals surface area contributed by atoms with E-state index in [0.29, 0.717) is 105 Å². The molecule has 5 N–H and O–H groups in total. The summed E-state index contributed by atoms with van der Waals surface area (Å²) in [7, 11) is -3.22. The second-order valence-electron chi connectivity index (χ2n) is 37.5. The monoisotopic (exact) mass is 1830 g/mol. The smallest absolute Gasteiger partial charge is 0.263 e. The second-order valence-corrected chi connectivity index (χ2v) is 40.7. The number of halogens is 5. The largest absolute Gasteiger partial charge is 0.355 e. The summed E-state index contributed by atoms with van der Waals surface area (Å²) in [6.07, 6.45) is 24.5. The number of H-pyrrole nitrogens is 5. The van der Waals surface area contributed by atoms with Crippen molar-refractivity contribution >= 4 is 130 Å². The van der Waals surface area contributed by atoms with Crippen molar-refractivity contribution in [2.24, 2.45) is 27.6 Å². The van der Waals surface area contributed by atoms with E-state index in [1.165, 1.54) is 56.9 Å². The van der Waals surface area contributed by atoms with Crippen LogP contribution in [0, 0.1) is 38.9 Å². The van der Waals surface area contributed by atoms with Crippen molar-refractivity contribution < 1.29 is 17.2 Å². The van der Waals surface area contributed by atoms with Gasteiger partial charge in [0.2, 0.25) is 28.2 Å². The molecule has 2 atom stereocenters. The lowest BCUT2D eigenvalue weighted by atomic mass is 9.78. The number of benzene rings is 5. The van der Waals surface area contributed by atoms with Gasteiger partial charge in [-0.2, -0.15) is 30.8 Å². The molecular formula is C96H107Cl3F2N26O2S. The minimum atomic E-state index is -3.22. The molecule has 0 amide bonds. The summed E-state index contributed by atoms with van der Waals surface area (Å²) >= 11 is 18.8. The van der Waals surface area contributed by atoms with Crippen LogP contribution in [0.3, 0.4) is 0 Å². The van der Waals surface area contributed by atoms with E-state index in [9.17, 15) is 17.2 Å². The number of rotatable bonds is 14. The molecule has 6 aliphatic rings. The summed E-state index contributed by atoms with van der Waals surface area (Å²) in [4.78, 5) is 58.5. The molecule has 2 bridgehead atoms. The van der Waals surface area contributed by atoms with E-state index in [4.69, 9.17) is 60.0 Å². The number of fused-ring (bicyclic) bond motifs is 7. The van der Waals surface area contributed by atoms with Gasteiger partial charge in [0.25, 0.3) is 6.43 Å². The molecule has 6 aliphatic heterocycles. The minimum absolute atomic E-state index is 0.000110. The maximum Gasteiger partial charge on any atom is 0.263 e. The summed E-state index contributed by atoms with van der Waals surface area (Å²) in [6, 6.07) is 36.8. The summed E-state index contributed by atoms with van der Waals surface area (Å²) in [6.45, 7) is 28.7. The molecule has 6 fully saturated rings. The minimum Gasteiger partial charge on any atom is -0.355 e. The molecule has 674 valence electrons. The van der Waals surface area contributed by atoms with Gasteiger partial charge in [0.05, 0.1) is 91.0 Å². The van der Waals surface area contributed by atoms with E-state index in [1.54, 1.807) is 67.0 Å². The molecule has 10 aromatic heterocycles. The van der Waals surface area contributed by atoms with Gasteiger partial charge in [0.15, 0.2) is 9.84 Å². The first-order valence-electron chi connectivity index (χ1n) is 44.7. The van der Waals surface area contributed by atoms with E-state index >= 15 is 0 Å². The van der Waals surface area contributed by atoms with E-state index in [0.717, 1.165) is 200 Å². The second kappa shape index (κ2) is 37.5. The van der Waals surface area contributed by atoms with Crippen LogP contribution in [-0.2, 0) is 9.84 Å². The van der Waals surface area contributed by atoms with Gasteiger partial charge in [-0.15, -0.1) is 0 Å². The van der Waals surface area contributed by atoms with Crippen LogP contribution >= 0.6 is 34.8 Å². The number of alkyl halides is 2. The quantitative estimate of drug-likeness (QED) is 0.0675. The van der Waals surface area contributed by atoms with E-state index < -0.39 is 16.3 Å². The Kier molecular flexibility index (Phi) is 25.9. The van der Waals surface area contributed by atoms with Crippen molar-refractivity contribution in [1.82, 2.24) is 101 Å². The van der Waals surface area contributed by atoms with E-state index in [1.807, 2.05) is 67.1 Å². The maximum absolute atomic E-state index is 12.7. The number of hydrogen-bond donors (Lipinski definition) is 5. The highest BCUT2D eigenvalue weighted by molar-refractivity contribution is 7.90. The number of sulfone groups is 1. The molecule has 6 saturated heterocycles. The summed E-state index contributed by atoms with van der Waals surface area (Å²) in [5.74, 6) is 5.23. The lowest BCUT2D eigenvalue weighted by Crippen LogP contribution is -2.42. The molecule has 5 aromatic carbocycles. The first-order valence-corrected chi connectivity index (χ1v) is 47.7. The van der Waals surface area contributed by atoms with E-state index in [-0.39, 0.29) is 10.5 Å². The Morgan fingerprint density at radius 2 is 0.769 bits per heavy atom. The molecule has 0 radical (unpaired) electrons. The molecule has 0 aliphatic carbocycles. The predicted octanol–water partition coefficient (Wildman–Crippen LogP) is 21.3. The molecular weight excluding hydrogens is 1730 g/mol. The normalized spacial score (nSPS) is 18.7. The Labute approximate surface area is 769 Å². The fourth-order valence-corrected chi connectivity index (χ4v) is 19.4. The highest BCUT2D eigenvalue weighted by atomic mass is 35.5. The van der Waals surface area contributed by atoms with Crippen molar-refractivity contribution in [1.29, 1.82) is 5.26 Å². The van der Waals surface area contributed by atoms with Gasteiger partial charge in [0.1, 0.15) is 56.7 Å². The molecule has 130 heavy (non-hydrogen) atoms. The average molecular weight is 1830 g/mol. The third-order valence-electron chi connectivity index (χ3n) is 27.4. The lowest BCUT2D eigenvalue weighted by molar-refractivity contribution is 0.151. The topological polar surface area (TPSA) is 346 Å². The van der Waals surface area contributed by atoms with Gasteiger partial charge in [-0.05, 0) is 141 Å². The zero-order valence-electron chi connectivity index (χ0n) is 74.7. The summed E-state index contributed by atoms with van der Waals surface area (Å²) < 4.78 is 48.8. The van der Waals surface area contributed by atoms with Crippen molar-refractivity contribution in [3.05, 3.63) is 172 Å². The fourth-order valence-electron chi connectivity index (χ4n) is 18.1. The number of piperidine rings is 5. The number of nitriles is 1. The van der Waals surface area contributed by atoms with Crippen LogP contribution in [0.5, 0.6) is 0 Å². The SMILES string of the molecule is CC1(C)CCN(c2cnc3c(-c4ccc(C#N)cc4)[nH]nc3n2)CC1.CC1(C)CCN(c2cnc3c(-c4cccc(Cl)c4Cl)[nH]nc3n2)CC1.CC1CC2CCC(C1)N2c1cnc2c(-c3ccccc3Cl)[nH]nc2n1.CCC1(C)CCN(c2cnc3c(-c4ccc(C(F)F)cc4)[nH]nc3n2)CC1.CCC1(C)CCN(c2cnc3c(-c4ccc(S(C)(=O)=O)cc4)[nH]nc3n2)CC1. The maximum atomic E-state index is 12.7. The molecule has 34 heteroatoms. The van der Waals surface area contributed by atoms with Crippen LogP contribution in [0.15, 0.2) is 151 Å². The molecule has 0 spiro atoms. The van der Waals surface area contributed by atoms with Crippen molar-refractivity contribution in [2.75, 3.05) is 83.1 Å². The average Bonchev–Trinajstić information content (AvgIpc) is 1.67. The molecule has 16 heterocycles. The summed E-state index contributed by atoms with van der Waals surface area (Å²) in [5.41, 5.74) is 16.9. The van der Waals surface area contributed by atoms with Gasteiger partial charge >= 0.3 is 0 Å². The first kappa shape index (κ1) is 90.0. The number of aromatic amines is 5. The van der Waals surface area contributed by atoms with Crippen LogP contribution in [0.25, 0.3) is 112 Å². The third kappa shape index (κ3) is 19.6.